The highest BCUT2D eigenvalue weighted by molar-refractivity contribution is 5.96. The van der Waals surface area contributed by atoms with Crippen molar-refractivity contribution in [1.82, 2.24) is 24.9 Å². The van der Waals surface area contributed by atoms with Crippen molar-refractivity contribution in [2.24, 2.45) is 24.8 Å². The average molecular weight is 444 g/mol. The number of para-hydroxylation sites is 1. The van der Waals surface area contributed by atoms with Crippen LogP contribution in [0.5, 0.6) is 0 Å². The zero-order chi connectivity index (χ0) is 22.7. The SMILES string of the molecule is Cc1c(C(C)NC(=O)c2cn(-c3ccccc3)nc2C23CC4CC(CC(C4)C2)C3)cnn1C. The minimum atomic E-state index is -0.115. The predicted molar refractivity (Wildman–Crippen MR) is 127 cm³/mol. The quantitative estimate of drug-likeness (QED) is 0.612. The van der Waals surface area contributed by atoms with Gasteiger partial charge in [-0.2, -0.15) is 10.2 Å². The lowest BCUT2D eigenvalue weighted by atomic mass is 9.48. The minimum absolute atomic E-state index is 0.0290. The van der Waals surface area contributed by atoms with Crippen LogP contribution in [0.1, 0.15) is 78.8 Å². The first-order chi connectivity index (χ1) is 15.9. The second kappa shape index (κ2) is 7.57. The van der Waals surface area contributed by atoms with Crippen LogP contribution in [0, 0.1) is 24.7 Å². The summed E-state index contributed by atoms with van der Waals surface area (Å²) in [6.07, 6.45) is 11.5. The van der Waals surface area contributed by atoms with Crippen molar-refractivity contribution in [1.29, 1.82) is 0 Å². The molecule has 0 aliphatic heterocycles. The Bertz CT molecular complexity index is 1160. The van der Waals surface area contributed by atoms with Gasteiger partial charge in [0.2, 0.25) is 0 Å². The number of carbonyl (C=O) groups is 1. The smallest absolute Gasteiger partial charge is 0.255 e. The molecule has 1 amide bonds. The maximum absolute atomic E-state index is 13.7. The molecule has 1 unspecified atom stereocenters. The molecular weight excluding hydrogens is 410 g/mol. The number of carbonyl (C=O) groups excluding carboxylic acids is 1. The van der Waals surface area contributed by atoms with Crippen LogP contribution < -0.4 is 5.32 Å². The van der Waals surface area contributed by atoms with Crippen molar-refractivity contribution in [2.45, 2.75) is 63.8 Å². The highest BCUT2D eigenvalue weighted by Gasteiger charge is 2.54. The van der Waals surface area contributed by atoms with Crippen LogP contribution in [-0.2, 0) is 12.5 Å². The Labute approximate surface area is 195 Å². The zero-order valence-electron chi connectivity index (χ0n) is 19.8. The molecule has 3 aromatic rings. The van der Waals surface area contributed by atoms with Crippen molar-refractivity contribution in [3.8, 4) is 5.69 Å². The lowest BCUT2D eigenvalue weighted by Gasteiger charge is -2.56. The van der Waals surface area contributed by atoms with E-state index >= 15 is 0 Å². The molecule has 0 radical (unpaired) electrons. The lowest BCUT2D eigenvalue weighted by Crippen LogP contribution is -2.49. The second-order valence-corrected chi connectivity index (χ2v) is 10.9. The van der Waals surface area contributed by atoms with Crippen LogP contribution >= 0.6 is 0 Å². The van der Waals surface area contributed by atoms with E-state index in [1.165, 1.54) is 38.5 Å². The fourth-order valence-electron chi connectivity index (χ4n) is 7.34. The van der Waals surface area contributed by atoms with E-state index in [9.17, 15) is 4.79 Å². The third kappa shape index (κ3) is 3.42. The van der Waals surface area contributed by atoms with Gasteiger partial charge in [-0.05, 0) is 82.3 Å². The molecule has 7 rings (SSSR count). The summed E-state index contributed by atoms with van der Waals surface area (Å²) in [6, 6.07) is 10.1. The van der Waals surface area contributed by atoms with E-state index in [1.54, 1.807) is 0 Å². The molecule has 2 aromatic heterocycles. The summed E-state index contributed by atoms with van der Waals surface area (Å²) in [5, 5.41) is 12.7. The Balaban J connectivity index is 1.38. The van der Waals surface area contributed by atoms with Crippen molar-refractivity contribution >= 4 is 5.91 Å². The van der Waals surface area contributed by atoms with Crippen LogP contribution in [0.3, 0.4) is 0 Å². The van der Waals surface area contributed by atoms with Crippen molar-refractivity contribution in [3.05, 3.63) is 65.2 Å². The van der Waals surface area contributed by atoms with E-state index < -0.39 is 0 Å². The Morgan fingerprint density at radius 3 is 2.30 bits per heavy atom. The van der Waals surface area contributed by atoms with Gasteiger partial charge in [0.15, 0.2) is 0 Å². The maximum Gasteiger partial charge on any atom is 0.255 e. The van der Waals surface area contributed by atoms with Gasteiger partial charge in [-0.1, -0.05) is 18.2 Å². The zero-order valence-corrected chi connectivity index (χ0v) is 19.8. The fourth-order valence-corrected chi connectivity index (χ4v) is 7.34. The third-order valence-electron chi connectivity index (χ3n) is 8.61. The summed E-state index contributed by atoms with van der Waals surface area (Å²) in [5.41, 5.74) is 4.95. The molecule has 4 aliphatic carbocycles. The Kier molecular flexibility index (Phi) is 4.75. The molecule has 172 valence electrons. The van der Waals surface area contributed by atoms with E-state index in [1.807, 2.05) is 60.9 Å². The van der Waals surface area contributed by atoms with Gasteiger partial charge >= 0.3 is 0 Å². The average Bonchev–Trinajstić information content (AvgIpc) is 3.38. The van der Waals surface area contributed by atoms with Crippen molar-refractivity contribution < 1.29 is 4.79 Å². The van der Waals surface area contributed by atoms with Gasteiger partial charge in [-0.3, -0.25) is 9.48 Å². The van der Waals surface area contributed by atoms with Crippen LogP contribution in [0.2, 0.25) is 0 Å². The molecule has 1 N–H and O–H groups in total. The molecule has 33 heavy (non-hydrogen) atoms. The highest BCUT2D eigenvalue weighted by atomic mass is 16.1. The topological polar surface area (TPSA) is 64.7 Å². The molecule has 4 fully saturated rings. The monoisotopic (exact) mass is 443 g/mol. The normalized spacial score (nSPS) is 28.8. The van der Waals surface area contributed by atoms with E-state index in [0.717, 1.165) is 46.0 Å². The molecule has 1 aromatic carbocycles. The Morgan fingerprint density at radius 1 is 1.09 bits per heavy atom. The number of aryl methyl sites for hydroxylation is 1. The largest absolute Gasteiger partial charge is 0.345 e. The fraction of sp³-hybridized carbons (Fsp3) is 0.519. The minimum Gasteiger partial charge on any atom is -0.345 e. The lowest BCUT2D eigenvalue weighted by molar-refractivity contribution is -0.00771. The maximum atomic E-state index is 13.7. The molecule has 0 spiro atoms. The van der Waals surface area contributed by atoms with Gasteiger partial charge in [-0.25, -0.2) is 4.68 Å². The summed E-state index contributed by atoms with van der Waals surface area (Å²) >= 11 is 0. The first kappa shape index (κ1) is 20.7. The Morgan fingerprint density at radius 2 is 1.73 bits per heavy atom. The third-order valence-corrected chi connectivity index (χ3v) is 8.61. The standard InChI is InChI=1S/C27H33N5O/c1-17(23-15-28-31(3)18(23)2)29-26(33)24-16-32(22-7-5-4-6-8-22)30-25(24)27-12-19-9-20(13-27)11-21(10-19)14-27/h4-8,15-17,19-21H,9-14H2,1-3H3,(H,29,33). The van der Waals surface area contributed by atoms with Gasteiger partial charge in [0.25, 0.3) is 5.91 Å². The number of rotatable bonds is 5. The number of amides is 1. The van der Waals surface area contributed by atoms with Crippen LogP contribution in [0.4, 0.5) is 0 Å². The Hall–Kier alpha value is -2.89. The first-order valence-corrected chi connectivity index (χ1v) is 12.4. The second-order valence-electron chi connectivity index (χ2n) is 10.9. The first-order valence-electron chi connectivity index (χ1n) is 12.4. The van der Waals surface area contributed by atoms with Crippen molar-refractivity contribution in [2.75, 3.05) is 0 Å². The molecule has 4 saturated carbocycles. The summed E-state index contributed by atoms with van der Waals surface area (Å²) in [5.74, 6) is 2.36. The summed E-state index contributed by atoms with van der Waals surface area (Å²) in [7, 11) is 1.93. The van der Waals surface area contributed by atoms with Gasteiger partial charge in [0, 0.05) is 29.9 Å². The van der Waals surface area contributed by atoms with Crippen LogP contribution in [0.25, 0.3) is 5.69 Å². The molecule has 1 atom stereocenters. The van der Waals surface area contributed by atoms with E-state index in [2.05, 4.69) is 22.5 Å². The number of benzene rings is 1. The van der Waals surface area contributed by atoms with Gasteiger partial charge in [-0.15, -0.1) is 0 Å². The number of aromatic nitrogens is 4. The van der Waals surface area contributed by atoms with Crippen LogP contribution in [0.15, 0.2) is 42.7 Å². The van der Waals surface area contributed by atoms with Gasteiger partial charge in [0.05, 0.1) is 29.2 Å². The number of hydrogen-bond donors (Lipinski definition) is 1. The molecule has 2 heterocycles. The van der Waals surface area contributed by atoms with E-state index in [0.29, 0.717) is 0 Å². The molecule has 6 nitrogen and oxygen atoms in total. The number of nitrogens with one attached hydrogen (secondary N) is 1. The highest BCUT2D eigenvalue weighted by Crippen LogP contribution is 2.60. The number of hydrogen-bond acceptors (Lipinski definition) is 3. The molecule has 4 aliphatic rings. The molecular formula is C27H33N5O. The van der Waals surface area contributed by atoms with Crippen LogP contribution in [-0.4, -0.2) is 25.5 Å². The van der Waals surface area contributed by atoms with E-state index in [4.69, 9.17) is 5.10 Å². The number of nitrogens with zero attached hydrogens (tertiary/aromatic N) is 4. The molecule has 6 heteroatoms. The van der Waals surface area contributed by atoms with Gasteiger partial charge in [0.1, 0.15) is 0 Å². The summed E-state index contributed by atoms with van der Waals surface area (Å²) in [6.45, 7) is 4.08. The van der Waals surface area contributed by atoms with Gasteiger partial charge < -0.3 is 5.32 Å². The van der Waals surface area contributed by atoms with Crippen molar-refractivity contribution in [3.63, 3.8) is 0 Å². The molecule has 4 bridgehead atoms. The van der Waals surface area contributed by atoms with E-state index in [-0.39, 0.29) is 17.4 Å². The molecule has 0 saturated heterocycles. The summed E-state index contributed by atoms with van der Waals surface area (Å²) in [4.78, 5) is 13.7. The predicted octanol–water partition coefficient (Wildman–Crippen LogP) is 4.87. The summed E-state index contributed by atoms with van der Waals surface area (Å²) < 4.78 is 3.77.